The fraction of sp³-hybridized carbons (Fsp3) is 0.500. The van der Waals surface area contributed by atoms with Gasteiger partial charge < -0.3 is 4.90 Å². The molecule has 8 heteroatoms. The van der Waals surface area contributed by atoms with Crippen molar-refractivity contribution in [2.24, 2.45) is 5.92 Å². The van der Waals surface area contributed by atoms with Gasteiger partial charge in [0.15, 0.2) is 0 Å². The molecule has 0 spiro atoms. The summed E-state index contributed by atoms with van der Waals surface area (Å²) in [5.74, 6) is 0.341. The van der Waals surface area contributed by atoms with Gasteiger partial charge in [0.25, 0.3) is 0 Å². The van der Waals surface area contributed by atoms with E-state index in [1.54, 1.807) is 12.1 Å². The smallest absolute Gasteiger partial charge is 0.340 e. The van der Waals surface area contributed by atoms with Gasteiger partial charge in [0.05, 0.1) is 5.56 Å². The van der Waals surface area contributed by atoms with Crippen molar-refractivity contribution >= 4 is 5.91 Å². The molecule has 32 heavy (non-hydrogen) atoms. The zero-order chi connectivity index (χ0) is 22.6. The Morgan fingerprint density at radius 1 is 0.812 bits per heavy atom. The molecule has 2 fully saturated rings. The summed E-state index contributed by atoms with van der Waals surface area (Å²) in [4.78, 5) is 23.6. The Morgan fingerprint density at radius 3 is 1.91 bits per heavy atom. The van der Waals surface area contributed by atoms with Crippen LogP contribution < -0.4 is 0 Å². The zero-order valence-electron chi connectivity index (χ0n) is 18.1. The molecule has 1 aromatic heterocycles. The van der Waals surface area contributed by atoms with Crippen LogP contribution in [0, 0.1) is 5.92 Å². The van der Waals surface area contributed by atoms with Crippen LogP contribution in [-0.4, -0.2) is 64.9 Å². The van der Waals surface area contributed by atoms with Gasteiger partial charge in [-0.25, -0.2) is 0 Å². The van der Waals surface area contributed by atoms with Gasteiger partial charge in [0.1, 0.15) is 0 Å². The van der Waals surface area contributed by atoms with Crippen LogP contribution >= 0.6 is 0 Å². The predicted octanol–water partition coefficient (Wildman–Crippen LogP) is 3.66. The van der Waals surface area contributed by atoms with Crippen LogP contribution in [0.15, 0.2) is 48.8 Å². The van der Waals surface area contributed by atoms with E-state index in [9.17, 15) is 18.0 Å². The number of hydrogen-bond acceptors (Lipinski definition) is 4. The number of carbonyl (C=O) groups is 1. The molecule has 0 saturated carbocycles. The second-order valence-electron chi connectivity index (χ2n) is 8.70. The third kappa shape index (κ3) is 5.86. The summed E-state index contributed by atoms with van der Waals surface area (Å²) >= 11 is 0. The monoisotopic (exact) mass is 446 g/mol. The van der Waals surface area contributed by atoms with Gasteiger partial charge in [0, 0.05) is 57.6 Å². The van der Waals surface area contributed by atoms with E-state index >= 15 is 0 Å². The second-order valence-corrected chi connectivity index (χ2v) is 8.70. The lowest BCUT2D eigenvalue weighted by Crippen LogP contribution is -2.51. The van der Waals surface area contributed by atoms with Gasteiger partial charge in [-0.2, -0.15) is 13.2 Å². The molecule has 2 aliphatic rings. The molecule has 1 aromatic carbocycles. The number of halogens is 3. The minimum atomic E-state index is -4.31. The first kappa shape index (κ1) is 22.7. The fourth-order valence-corrected chi connectivity index (χ4v) is 4.53. The molecular weight excluding hydrogens is 417 g/mol. The highest BCUT2D eigenvalue weighted by Gasteiger charge is 2.31. The Labute approximate surface area is 186 Å². The van der Waals surface area contributed by atoms with E-state index < -0.39 is 11.7 Å². The van der Waals surface area contributed by atoms with Gasteiger partial charge >= 0.3 is 6.18 Å². The molecule has 2 aromatic rings. The molecule has 5 nitrogen and oxygen atoms in total. The number of piperidine rings is 1. The number of benzene rings is 1. The standard InChI is InChI=1S/C24H29F3N4O/c25-24(26,27)22-3-1-19(2-4-22)17-30-13-15-31(16-14-30)23(32)21-7-11-29(12-8-21)18-20-5-9-28-10-6-20/h1-6,9-10,21H,7-8,11-18H2. The third-order valence-corrected chi connectivity index (χ3v) is 6.46. The molecule has 172 valence electrons. The van der Waals surface area contributed by atoms with Crippen molar-refractivity contribution in [2.45, 2.75) is 32.1 Å². The van der Waals surface area contributed by atoms with E-state index in [-0.39, 0.29) is 11.8 Å². The van der Waals surface area contributed by atoms with Gasteiger partial charge in [-0.1, -0.05) is 12.1 Å². The van der Waals surface area contributed by atoms with E-state index in [1.165, 1.54) is 5.56 Å². The molecule has 0 atom stereocenters. The van der Waals surface area contributed by atoms with Crippen LogP contribution in [0.1, 0.15) is 29.5 Å². The summed E-state index contributed by atoms with van der Waals surface area (Å²) in [7, 11) is 0. The summed E-state index contributed by atoms with van der Waals surface area (Å²) < 4.78 is 38.2. The summed E-state index contributed by atoms with van der Waals surface area (Å²) in [6.07, 6.45) is 1.08. The molecule has 0 bridgehead atoms. The van der Waals surface area contributed by atoms with Crippen LogP contribution in [0.2, 0.25) is 0 Å². The Hall–Kier alpha value is -2.45. The van der Waals surface area contributed by atoms with Crippen molar-refractivity contribution in [3.63, 3.8) is 0 Å². The van der Waals surface area contributed by atoms with Gasteiger partial charge in [-0.05, 0) is 61.3 Å². The molecule has 4 rings (SSSR count). The Bertz CT molecular complexity index is 872. The average molecular weight is 447 g/mol. The van der Waals surface area contributed by atoms with Crippen LogP contribution in [0.5, 0.6) is 0 Å². The highest BCUT2D eigenvalue weighted by Crippen LogP contribution is 2.29. The number of rotatable bonds is 5. The third-order valence-electron chi connectivity index (χ3n) is 6.46. The molecule has 0 aliphatic carbocycles. The van der Waals surface area contributed by atoms with E-state index in [0.717, 1.165) is 63.3 Å². The highest BCUT2D eigenvalue weighted by atomic mass is 19.4. The summed E-state index contributed by atoms with van der Waals surface area (Å²) in [6.45, 7) is 6.19. The van der Waals surface area contributed by atoms with Crippen LogP contribution in [-0.2, 0) is 24.1 Å². The Balaban J connectivity index is 1.20. The Kier molecular flexibility index (Phi) is 7.10. The zero-order valence-corrected chi connectivity index (χ0v) is 18.1. The Morgan fingerprint density at radius 2 is 1.34 bits per heavy atom. The van der Waals surface area contributed by atoms with Crippen molar-refractivity contribution < 1.29 is 18.0 Å². The van der Waals surface area contributed by atoms with Crippen molar-refractivity contribution in [2.75, 3.05) is 39.3 Å². The first-order valence-corrected chi connectivity index (χ1v) is 11.2. The lowest BCUT2D eigenvalue weighted by molar-refractivity contribution is -0.139. The van der Waals surface area contributed by atoms with Gasteiger partial charge in [-0.3, -0.25) is 19.6 Å². The second kappa shape index (κ2) is 10.0. The number of hydrogen-bond donors (Lipinski definition) is 0. The lowest BCUT2D eigenvalue weighted by atomic mass is 9.94. The number of pyridine rings is 1. The molecule has 0 N–H and O–H groups in total. The number of likely N-dealkylation sites (tertiary alicyclic amines) is 1. The molecular formula is C24H29F3N4O. The molecule has 3 heterocycles. The molecule has 2 saturated heterocycles. The maximum atomic E-state index is 13.0. The summed E-state index contributed by atoms with van der Waals surface area (Å²) in [5.41, 5.74) is 1.48. The number of aromatic nitrogens is 1. The fourth-order valence-electron chi connectivity index (χ4n) is 4.53. The first-order chi connectivity index (χ1) is 15.4. The van der Waals surface area contributed by atoms with E-state index in [4.69, 9.17) is 0 Å². The average Bonchev–Trinajstić information content (AvgIpc) is 2.80. The SMILES string of the molecule is O=C(C1CCN(Cc2ccncc2)CC1)N1CCN(Cc2ccc(C(F)(F)F)cc2)CC1. The maximum Gasteiger partial charge on any atom is 0.416 e. The minimum absolute atomic E-state index is 0.0881. The van der Waals surface area contributed by atoms with Gasteiger partial charge in [0.2, 0.25) is 5.91 Å². The number of nitrogens with zero attached hydrogens (tertiary/aromatic N) is 4. The minimum Gasteiger partial charge on any atom is -0.340 e. The normalized spacial score (nSPS) is 19.3. The number of carbonyl (C=O) groups excluding carboxylic acids is 1. The van der Waals surface area contributed by atoms with Crippen LogP contribution in [0.25, 0.3) is 0 Å². The van der Waals surface area contributed by atoms with E-state index in [1.807, 2.05) is 29.4 Å². The lowest BCUT2D eigenvalue weighted by Gasteiger charge is -2.38. The number of piperazine rings is 1. The topological polar surface area (TPSA) is 39.7 Å². The molecule has 1 amide bonds. The van der Waals surface area contributed by atoms with Crippen molar-refractivity contribution in [3.8, 4) is 0 Å². The first-order valence-electron chi connectivity index (χ1n) is 11.2. The molecule has 0 radical (unpaired) electrons. The predicted molar refractivity (Wildman–Crippen MR) is 116 cm³/mol. The summed E-state index contributed by atoms with van der Waals surface area (Å²) in [6, 6.07) is 9.41. The molecule has 0 unspecified atom stereocenters. The van der Waals surface area contributed by atoms with E-state index in [2.05, 4.69) is 14.8 Å². The van der Waals surface area contributed by atoms with Crippen LogP contribution in [0.3, 0.4) is 0 Å². The van der Waals surface area contributed by atoms with Crippen molar-refractivity contribution in [3.05, 3.63) is 65.5 Å². The maximum absolute atomic E-state index is 13.0. The summed E-state index contributed by atoms with van der Waals surface area (Å²) in [5, 5.41) is 0. The largest absolute Gasteiger partial charge is 0.416 e. The highest BCUT2D eigenvalue weighted by molar-refractivity contribution is 5.79. The van der Waals surface area contributed by atoms with Crippen molar-refractivity contribution in [1.29, 1.82) is 0 Å². The number of alkyl halides is 3. The number of amides is 1. The quantitative estimate of drug-likeness (QED) is 0.703. The molecule has 2 aliphatic heterocycles. The van der Waals surface area contributed by atoms with Crippen molar-refractivity contribution in [1.82, 2.24) is 19.7 Å². The van der Waals surface area contributed by atoms with Crippen LogP contribution in [0.4, 0.5) is 13.2 Å². The van der Waals surface area contributed by atoms with Gasteiger partial charge in [-0.15, -0.1) is 0 Å². The van der Waals surface area contributed by atoms with E-state index in [0.29, 0.717) is 19.6 Å².